The van der Waals surface area contributed by atoms with Crippen LogP contribution in [0.1, 0.15) is 18.2 Å². The third-order valence-electron chi connectivity index (χ3n) is 2.83. The molecule has 0 amide bonds. The Morgan fingerprint density at radius 2 is 1.89 bits per heavy atom. The molecule has 4 nitrogen and oxygen atoms in total. The van der Waals surface area contributed by atoms with Gasteiger partial charge >= 0.3 is 0 Å². The molecular weight excluding hydrogens is 264 g/mol. The third-order valence-corrected chi connectivity index (χ3v) is 3.90. The fraction of sp³-hybridized carbons (Fsp3) is 0.167. The largest absolute Gasteiger partial charge is 0.173 e. The summed E-state index contributed by atoms with van der Waals surface area (Å²) in [7, 11) is 0. The Morgan fingerprint density at radius 3 is 2.67 bits per heavy atom. The lowest BCUT2D eigenvalue weighted by Gasteiger charge is -2.04. The zero-order valence-corrected chi connectivity index (χ0v) is 11.6. The number of allylic oxidation sites excluding steroid dienone is 1. The van der Waals surface area contributed by atoms with Gasteiger partial charge in [-0.25, -0.2) is 0 Å². The molecule has 0 aliphatic rings. The first kappa shape index (κ1) is 11.4. The molecule has 3 aromatic rings. The predicted molar refractivity (Wildman–Crippen MR) is 75.8 cm³/mol. The molecule has 0 saturated heterocycles. The van der Waals surface area contributed by atoms with Crippen molar-refractivity contribution in [3.63, 3.8) is 0 Å². The summed E-state index contributed by atoms with van der Waals surface area (Å²) < 4.78 is 17.2. The van der Waals surface area contributed by atoms with Crippen LogP contribution in [0.25, 0.3) is 27.9 Å². The summed E-state index contributed by atoms with van der Waals surface area (Å²) in [6.07, 6.45) is 0. The van der Waals surface area contributed by atoms with E-state index in [1.54, 1.807) is 0 Å². The van der Waals surface area contributed by atoms with Crippen LogP contribution in [0.2, 0.25) is 0 Å². The lowest BCUT2D eigenvalue weighted by molar-refractivity contribution is 1.38. The number of benzene rings is 1. The van der Waals surface area contributed by atoms with Crippen LogP contribution in [-0.4, -0.2) is 17.5 Å². The van der Waals surface area contributed by atoms with E-state index in [-0.39, 0.29) is 0 Å². The van der Waals surface area contributed by atoms with Gasteiger partial charge < -0.3 is 0 Å². The molecule has 18 heavy (non-hydrogen) atoms. The molecule has 6 heteroatoms. The maximum atomic E-state index is 4.38. The molecular formula is C12H10N4S2. The third kappa shape index (κ3) is 1.65. The molecule has 0 aliphatic heterocycles. The number of aryl methyl sites for hydroxylation is 1. The highest BCUT2D eigenvalue weighted by Gasteiger charge is 2.15. The molecule has 0 fully saturated rings. The molecule has 0 spiro atoms. The van der Waals surface area contributed by atoms with Crippen molar-refractivity contribution < 1.29 is 0 Å². The summed E-state index contributed by atoms with van der Waals surface area (Å²) in [5, 5.41) is 0. The highest BCUT2D eigenvalue weighted by atomic mass is 32.1. The van der Waals surface area contributed by atoms with Crippen LogP contribution in [0.3, 0.4) is 0 Å². The first-order chi connectivity index (χ1) is 8.68. The zero-order chi connectivity index (χ0) is 12.7. The second-order valence-corrected chi connectivity index (χ2v) is 5.17. The Kier molecular flexibility index (Phi) is 2.68. The van der Waals surface area contributed by atoms with Gasteiger partial charge in [-0.2, -0.15) is 17.5 Å². The first-order valence-corrected chi connectivity index (χ1v) is 6.85. The lowest BCUT2D eigenvalue weighted by Crippen LogP contribution is -1.89. The number of fused-ring (bicyclic) bond motifs is 1. The van der Waals surface area contributed by atoms with Gasteiger partial charge in [-0.05, 0) is 31.1 Å². The molecule has 0 bridgehead atoms. The number of rotatable bonds is 2. The molecule has 0 unspecified atom stereocenters. The SMILES string of the molecule is C=C(C)c1nsnc1-c1ccc2nsnc2c1C. The van der Waals surface area contributed by atoms with E-state index in [0.29, 0.717) is 0 Å². The maximum absolute atomic E-state index is 4.38. The van der Waals surface area contributed by atoms with Gasteiger partial charge in [-0.1, -0.05) is 12.6 Å². The number of aromatic nitrogens is 4. The average Bonchev–Trinajstić information content (AvgIpc) is 2.97. The summed E-state index contributed by atoms with van der Waals surface area (Å²) in [5.74, 6) is 0. The van der Waals surface area contributed by atoms with Crippen molar-refractivity contribution in [3.8, 4) is 11.3 Å². The Labute approximate surface area is 113 Å². The number of hydrogen-bond acceptors (Lipinski definition) is 6. The molecule has 0 radical (unpaired) electrons. The molecule has 0 atom stereocenters. The summed E-state index contributed by atoms with van der Waals surface area (Å²) in [6.45, 7) is 7.93. The standard InChI is InChI=1S/C12H10N4S2/c1-6(2)10-12(16-18-14-10)8-4-5-9-11(7(8)3)15-17-13-9/h4-5H,1H2,2-3H3. The second kappa shape index (κ2) is 4.22. The van der Waals surface area contributed by atoms with Gasteiger partial charge in [0.2, 0.25) is 0 Å². The van der Waals surface area contributed by atoms with Crippen LogP contribution in [0.4, 0.5) is 0 Å². The van der Waals surface area contributed by atoms with Gasteiger partial charge in [0.05, 0.1) is 23.5 Å². The van der Waals surface area contributed by atoms with Crippen molar-refractivity contribution in [2.75, 3.05) is 0 Å². The molecule has 0 saturated carbocycles. The van der Waals surface area contributed by atoms with Crippen LogP contribution < -0.4 is 0 Å². The summed E-state index contributed by atoms with van der Waals surface area (Å²) in [6, 6.07) is 4.00. The van der Waals surface area contributed by atoms with Crippen molar-refractivity contribution in [1.82, 2.24) is 17.5 Å². The van der Waals surface area contributed by atoms with Crippen molar-refractivity contribution >= 4 is 40.1 Å². The van der Waals surface area contributed by atoms with E-state index >= 15 is 0 Å². The maximum Gasteiger partial charge on any atom is 0.112 e. The Bertz CT molecular complexity index is 741. The van der Waals surface area contributed by atoms with E-state index in [1.807, 2.05) is 26.0 Å². The van der Waals surface area contributed by atoms with E-state index in [9.17, 15) is 0 Å². The average molecular weight is 274 g/mol. The predicted octanol–water partition coefficient (Wildman–Crippen LogP) is 3.55. The Hall–Kier alpha value is -1.66. The van der Waals surface area contributed by atoms with Crippen LogP contribution in [0.5, 0.6) is 0 Å². The smallest absolute Gasteiger partial charge is 0.112 e. The second-order valence-electron chi connectivity index (χ2n) is 4.11. The molecule has 3 rings (SSSR count). The Morgan fingerprint density at radius 1 is 1.11 bits per heavy atom. The monoisotopic (exact) mass is 274 g/mol. The molecule has 2 heterocycles. The first-order valence-electron chi connectivity index (χ1n) is 5.39. The summed E-state index contributed by atoms with van der Waals surface area (Å²) in [4.78, 5) is 0. The molecule has 0 aliphatic carbocycles. The van der Waals surface area contributed by atoms with Crippen molar-refractivity contribution in [2.24, 2.45) is 0 Å². The molecule has 2 aromatic heterocycles. The molecule has 0 N–H and O–H groups in total. The van der Waals surface area contributed by atoms with Crippen LogP contribution in [0.15, 0.2) is 18.7 Å². The van der Waals surface area contributed by atoms with Crippen LogP contribution >= 0.6 is 23.5 Å². The van der Waals surface area contributed by atoms with E-state index in [1.165, 1.54) is 23.5 Å². The minimum Gasteiger partial charge on any atom is -0.173 e. The Balaban J connectivity index is 2.28. The molecule has 1 aromatic carbocycles. The fourth-order valence-corrected chi connectivity index (χ4v) is 3.10. The number of hydrogen-bond donors (Lipinski definition) is 0. The lowest BCUT2D eigenvalue weighted by atomic mass is 10.0. The van der Waals surface area contributed by atoms with Gasteiger partial charge in [0.1, 0.15) is 22.4 Å². The van der Waals surface area contributed by atoms with Crippen molar-refractivity contribution in [1.29, 1.82) is 0 Å². The van der Waals surface area contributed by atoms with Gasteiger partial charge in [0.25, 0.3) is 0 Å². The van der Waals surface area contributed by atoms with E-state index in [2.05, 4.69) is 24.1 Å². The van der Waals surface area contributed by atoms with Crippen LogP contribution in [0, 0.1) is 6.92 Å². The van der Waals surface area contributed by atoms with Gasteiger partial charge in [-0.3, -0.25) is 0 Å². The topological polar surface area (TPSA) is 51.6 Å². The zero-order valence-electron chi connectivity index (χ0n) is 9.97. The van der Waals surface area contributed by atoms with Crippen molar-refractivity contribution in [3.05, 3.63) is 30.0 Å². The minimum atomic E-state index is 0.866. The fourth-order valence-electron chi connectivity index (χ4n) is 1.88. The van der Waals surface area contributed by atoms with E-state index < -0.39 is 0 Å². The normalized spacial score (nSPS) is 11.0. The van der Waals surface area contributed by atoms with Gasteiger partial charge in [-0.15, -0.1) is 0 Å². The minimum absolute atomic E-state index is 0.866. The molecule has 90 valence electrons. The summed E-state index contributed by atoms with van der Waals surface area (Å²) >= 11 is 2.44. The summed E-state index contributed by atoms with van der Waals surface area (Å²) in [5.41, 5.74) is 6.71. The van der Waals surface area contributed by atoms with E-state index in [4.69, 9.17) is 0 Å². The number of nitrogens with zero attached hydrogens (tertiary/aromatic N) is 4. The van der Waals surface area contributed by atoms with Gasteiger partial charge in [0.15, 0.2) is 0 Å². The van der Waals surface area contributed by atoms with Crippen LogP contribution in [-0.2, 0) is 0 Å². The quantitative estimate of drug-likeness (QED) is 0.717. The van der Waals surface area contributed by atoms with Gasteiger partial charge in [0, 0.05) is 5.56 Å². The van der Waals surface area contributed by atoms with Crippen molar-refractivity contribution in [2.45, 2.75) is 13.8 Å². The van der Waals surface area contributed by atoms with E-state index in [0.717, 1.165) is 39.1 Å². The highest BCUT2D eigenvalue weighted by molar-refractivity contribution is 7.00. The highest BCUT2D eigenvalue weighted by Crippen LogP contribution is 2.31.